The molecule has 0 spiro atoms. The van der Waals surface area contributed by atoms with Crippen LogP contribution in [0.3, 0.4) is 0 Å². The van der Waals surface area contributed by atoms with Crippen molar-refractivity contribution in [3.63, 3.8) is 0 Å². The number of benzene rings is 1. The van der Waals surface area contributed by atoms with Crippen molar-refractivity contribution in [1.82, 2.24) is 5.32 Å². The maximum atomic E-state index is 10.8. The lowest BCUT2D eigenvalue weighted by atomic mass is 10.1. The smallest absolute Gasteiger partial charge is 0.345 e. The Morgan fingerprint density at radius 3 is 2.50 bits per heavy atom. The summed E-state index contributed by atoms with van der Waals surface area (Å²) in [5, 5.41) is 23.1. The molecular weight excluding hydrogens is 447 g/mol. The zero-order valence-electron chi connectivity index (χ0n) is 16.7. The normalized spacial score (nSPS) is 12.2. The van der Waals surface area contributed by atoms with Crippen LogP contribution >= 0.6 is 34.5 Å². The van der Waals surface area contributed by atoms with E-state index in [0.717, 1.165) is 43.5 Å². The number of aliphatic hydroxyl groups is 1. The number of aromatic carboxylic acids is 1. The number of rotatable bonds is 14. The van der Waals surface area contributed by atoms with Gasteiger partial charge in [-0.05, 0) is 49.2 Å². The number of carboxylic acid groups (broad SMARTS) is 1. The highest BCUT2D eigenvalue weighted by Crippen LogP contribution is 2.31. The molecule has 0 aliphatic heterocycles. The first-order valence-electron chi connectivity index (χ1n) is 9.91. The molecule has 6 nitrogen and oxygen atoms in total. The molecule has 1 aromatic heterocycles. The zero-order chi connectivity index (χ0) is 21.9. The number of ether oxygens (including phenoxy) is 1. The largest absolute Gasteiger partial charge is 0.477 e. The zero-order valence-corrected chi connectivity index (χ0v) is 19.0. The molecule has 5 N–H and O–H groups in total. The van der Waals surface area contributed by atoms with Crippen LogP contribution in [0, 0.1) is 0 Å². The van der Waals surface area contributed by atoms with Crippen LogP contribution in [0.4, 0.5) is 5.69 Å². The van der Waals surface area contributed by atoms with Gasteiger partial charge in [-0.15, -0.1) is 11.3 Å². The van der Waals surface area contributed by atoms with Crippen LogP contribution in [0.25, 0.3) is 0 Å². The van der Waals surface area contributed by atoms with Gasteiger partial charge in [-0.3, -0.25) is 0 Å². The number of hydrogen-bond donors (Lipinski definition) is 4. The second-order valence-corrected chi connectivity index (χ2v) is 8.95. The SMILES string of the molecule is Nc1c(Cl)cc(C(O)CNCCCCCCOCCc2ccc(C(=O)O)s2)cc1Cl. The highest BCUT2D eigenvalue weighted by Gasteiger charge is 2.12. The van der Waals surface area contributed by atoms with Crippen LogP contribution in [-0.2, 0) is 11.2 Å². The average molecular weight is 475 g/mol. The third kappa shape index (κ3) is 8.41. The maximum Gasteiger partial charge on any atom is 0.345 e. The van der Waals surface area contributed by atoms with E-state index in [0.29, 0.717) is 45.9 Å². The predicted molar refractivity (Wildman–Crippen MR) is 123 cm³/mol. The lowest BCUT2D eigenvalue weighted by molar-refractivity contribution is 0.0702. The summed E-state index contributed by atoms with van der Waals surface area (Å²) in [7, 11) is 0. The molecule has 1 atom stereocenters. The molecular formula is C21H28Cl2N2O4S. The number of anilines is 1. The lowest BCUT2D eigenvalue weighted by Gasteiger charge is -2.14. The summed E-state index contributed by atoms with van der Waals surface area (Å²) < 4.78 is 5.62. The van der Waals surface area contributed by atoms with Gasteiger partial charge >= 0.3 is 5.97 Å². The Labute approximate surface area is 191 Å². The van der Waals surface area contributed by atoms with Crippen LogP contribution in [0.15, 0.2) is 24.3 Å². The molecule has 0 fully saturated rings. The van der Waals surface area contributed by atoms with E-state index in [4.69, 9.17) is 38.8 Å². The number of carbonyl (C=O) groups is 1. The monoisotopic (exact) mass is 474 g/mol. The molecule has 1 unspecified atom stereocenters. The Morgan fingerprint density at radius 2 is 1.83 bits per heavy atom. The second-order valence-electron chi connectivity index (χ2n) is 6.97. The predicted octanol–water partition coefficient (Wildman–Crippen LogP) is 4.78. The number of nitrogen functional groups attached to an aromatic ring is 1. The lowest BCUT2D eigenvalue weighted by Crippen LogP contribution is -2.22. The van der Waals surface area contributed by atoms with E-state index >= 15 is 0 Å². The molecule has 0 aliphatic rings. The second kappa shape index (κ2) is 13.1. The van der Waals surface area contributed by atoms with Crippen LogP contribution in [0.2, 0.25) is 10.0 Å². The van der Waals surface area contributed by atoms with Gasteiger partial charge in [0.05, 0.1) is 28.4 Å². The Balaban J connectivity index is 1.46. The van der Waals surface area contributed by atoms with Gasteiger partial charge in [-0.1, -0.05) is 36.0 Å². The first-order valence-corrected chi connectivity index (χ1v) is 11.5. The maximum absolute atomic E-state index is 10.8. The molecule has 2 rings (SSSR count). The molecule has 1 aromatic carbocycles. The molecule has 0 amide bonds. The Hall–Kier alpha value is -1.35. The average Bonchev–Trinajstić information content (AvgIpc) is 3.19. The fourth-order valence-electron chi connectivity index (χ4n) is 2.86. The molecule has 0 radical (unpaired) electrons. The number of nitrogens with two attached hydrogens (primary N) is 1. The molecule has 0 aliphatic carbocycles. The Morgan fingerprint density at radius 1 is 1.13 bits per heavy atom. The molecule has 30 heavy (non-hydrogen) atoms. The van der Waals surface area contributed by atoms with E-state index in [1.807, 2.05) is 6.07 Å². The molecule has 0 saturated carbocycles. The molecule has 9 heteroatoms. The van der Waals surface area contributed by atoms with Gasteiger partial charge in [0, 0.05) is 24.4 Å². The number of unbranched alkanes of at least 4 members (excludes halogenated alkanes) is 3. The molecule has 1 heterocycles. The minimum Gasteiger partial charge on any atom is -0.477 e. The van der Waals surface area contributed by atoms with Crippen molar-refractivity contribution < 1.29 is 19.7 Å². The minimum absolute atomic E-state index is 0.324. The van der Waals surface area contributed by atoms with Crippen LogP contribution < -0.4 is 11.1 Å². The van der Waals surface area contributed by atoms with Gasteiger partial charge in [0.1, 0.15) is 4.88 Å². The third-order valence-corrected chi connectivity index (χ3v) is 6.34. The highest BCUT2D eigenvalue weighted by molar-refractivity contribution is 7.13. The number of thiophene rings is 1. The number of nitrogens with one attached hydrogen (secondary N) is 1. The summed E-state index contributed by atoms with van der Waals surface area (Å²) in [6, 6.07) is 6.75. The summed E-state index contributed by atoms with van der Waals surface area (Å²) in [5.74, 6) is -0.879. The van der Waals surface area contributed by atoms with Crippen LogP contribution in [0.5, 0.6) is 0 Å². The van der Waals surface area contributed by atoms with Crippen LogP contribution in [-0.4, -0.2) is 42.5 Å². The standard InChI is InChI=1S/C21H28Cl2N2O4S/c22-16-11-14(12-17(23)20(16)24)18(26)13-25-8-3-1-2-4-9-29-10-7-15-5-6-19(30-15)21(27)28/h5-6,11-12,18,25-26H,1-4,7-10,13,24H2,(H,27,28). The van der Waals surface area contributed by atoms with Crippen molar-refractivity contribution in [2.24, 2.45) is 0 Å². The number of hydrogen-bond acceptors (Lipinski definition) is 6. The van der Waals surface area contributed by atoms with E-state index < -0.39 is 12.1 Å². The summed E-state index contributed by atoms with van der Waals surface area (Å²) in [6.45, 7) is 2.56. The van der Waals surface area contributed by atoms with Gasteiger partial charge in [-0.25, -0.2) is 4.79 Å². The van der Waals surface area contributed by atoms with Gasteiger partial charge in [0.2, 0.25) is 0 Å². The third-order valence-electron chi connectivity index (χ3n) is 4.58. The summed E-state index contributed by atoms with van der Waals surface area (Å²) in [6.07, 6.45) is 4.23. The van der Waals surface area contributed by atoms with Gasteiger partial charge in [0.15, 0.2) is 0 Å². The van der Waals surface area contributed by atoms with E-state index in [1.165, 1.54) is 11.3 Å². The summed E-state index contributed by atoms with van der Waals surface area (Å²) in [4.78, 5) is 12.2. The Kier molecular flexibility index (Phi) is 10.9. The van der Waals surface area contributed by atoms with Crippen molar-refractivity contribution in [3.8, 4) is 0 Å². The number of aliphatic hydroxyl groups excluding tert-OH is 1. The first kappa shape index (κ1) is 24.9. The summed E-state index contributed by atoms with van der Waals surface area (Å²) in [5.41, 5.74) is 6.67. The molecule has 0 saturated heterocycles. The fourth-order valence-corrected chi connectivity index (χ4v) is 4.19. The Bertz CT molecular complexity index is 793. The van der Waals surface area contributed by atoms with E-state index in [2.05, 4.69) is 5.32 Å². The minimum atomic E-state index is -0.879. The number of halogens is 2. The van der Waals surface area contributed by atoms with Gasteiger partial charge < -0.3 is 26.0 Å². The molecule has 166 valence electrons. The van der Waals surface area contributed by atoms with Crippen molar-refractivity contribution in [1.29, 1.82) is 0 Å². The number of carboxylic acids is 1. The first-order chi connectivity index (χ1) is 14.4. The molecule has 0 bridgehead atoms. The van der Waals surface area contributed by atoms with E-state index in [1.54, 1.807) is 18.2 Å². The van der Waals surface area contributed by atoms with E-state index in [9.17, 15) is 9.90 Å². The van der Waals surface area contributed by atoms with Crippen molar-refractivity contribution >= 4 is 46.2 Å². The van der Waals surface area contributed by atoms with Crippen LogP contribution in [0.1, 0.15) is 51.9 Å². The van der Waals surface area contributed by atoms with Crippen molar-refractivity contribution in [2.75, 3.05) is 32.0 Å². The van der Waals surface area contributed by atoms with Gasteiger partial charge in [-0.2, -0.15) is 0 Å². The highest BCUT2D eigenvalue weighted by atomic mass is 35.5. The summed E-state index contributed by atoms with van der Waals surface area (Å²) >= 11 is 13.3. The topological polar surface area (TPSA) is 105 Å². The quantitative estimate of drug-likeness (QED) is 0.232. The van der Waals surface area contributed by atoms with E-state index in [-0.39, 0.29) is 0 Å². The van der Waals surface area contributed by atoms with Crippen molar-refractivity contribution in [3.05, 3.63) is 49.6 Å². The van der Waals surface area contributed by atoms with Crippen molar-refractivity contribution in [2.45, 2.75) is 38.2 Å². The molecule has 2 aromatic rings. The fraction of sp³-hybridized carbons (Fsp3) is 0.476. The van der Waals surface area contributed by atoms with Gasteiger partial charge in [0.25, 0.3) is 0 Å².